The summed E-state index contributed by atoms with van der Waals surface area (Å²) in [5.41, 5.74) is 2.43. The lowest BCUT2D eigenvalue weighted by molar-refractivity contribution is 0.415. The maximum absolute atomic E-state index is 5.15. The molecule has 2 nitrogen and oxygen atoms in total. The van der Waals surface area contributed by atoms with Gasteiger partial charge in [-0.3, -0.25) is 0 Å². The van der Waals surface area contributed by atoms with Crippen LogP contribution in [0.4, 0.5) is 5.69 Å². The Balaban J connectivity index is 0.000000921. The van der Waals surface area contributed by atoms with Crippen molar-refractivity contribution in [3.05, 3.63) is 23.8 Å². The molecule has 0 aliphatic carbocycles. The first kappa shape index (κ1) is 13.8. The average molecular weight is 209 g/mol. The van der Waals surface area contributed by atoms with Gasteiger partial charge >= 0.3 is 0 Å². The van der Waals surface area contributed by atoms with E-state index in [1.54, 1.807) is 7.11 Å². The van der Waals surface area contributed by atoms with Crippen LogP contribution in [0.2, 0.25) is 0 Å². The first-order valence-corrected chi connectivity index (χ1v) is 5.66. The minimum Gasteiger partial charge on any atom is -0.497 e. The van der Waals surface area contributed by atoms with E-state index in [4.69, 9.17) is 4.74 Å². The molecule has 0 amide bonds. The quantitative estimate of drug-likeness (QED) is 0.813. The smallest absolute Gasteiger partial charge is 0.120 e. The van der Waals surface area contributed by atoms with Gasteiger partial charge in [-0.25, -0.2) is 0 Å². The van der Waals surface area contributed by atoms with Gasteiger partial charge in [-0.05, 0) is 25.0 Å². The van der Waals surface area contributed by atoms with E-state index in [9.17, 15) is 0 Å². The first-order chi connectivity index (χ1) is 7.27. The van der Waals surface area contributed by atoms with E-state index in [0.717, 1.165) is 18.7 Å². The van der Waals surface area contributed by atoms with Crippen LogP contribution in [0.3, 0.4) is 0 Å². The van der Waals surface area contributed by atoms with Crippen molar-refractivity contribution < 1.29 is 4.74 Å². The third-order valence-corrected chi connectivity index (χ3v) is 2.01. The van der Waals surface area contributed by atoms with Crippen molar-refractivity contribution in [3.63, 3.8) is 0 Å². The van der Waals surface area contributed by atoms with E-state index in [-0.39, 0.29) is 0 Å². The lowest BCUT2D eigenvalue weighted by Crippen LogP contribution is -2.01. The topological polar surface area (TPSA) is 21.3 Å². The summed E-state index contributed by atoms with van der Waals surface area (Å²) in [5.74, 6) is 0.907. The van der Waals surface area contributed by atoms with Crippen LogP contribution in [0.15, 0.2) is 18.2 Å². The molecule has 1 rings (SSSR count). The molecular weight excluding hydrogens is 186 g/mol. The highest BCUT2D eigenvalue weighted by Crippen LogP contribution is 2.21. The summed E-state index contributed by atoms with van der Waals surface area (Å²) in [4.78, 5) is 0. The molecule has 0 unspecified atom stereocenters. The van der Waals surface area contributed by atoms with Crippen molar-refractivity contribution in [3.8, 4) is 5.75 Å². The van der Waals surface area contributed by atoms with Gasteiger partial charge in [-0.15, -0.1) is 0 Å². The Hall–Kier alpha value is -1.18. The number of benzene rings is 1. The summed E-state index contributed by atoms with van der Waals surface area (Å²) in [7, 11) is 1.69. The van der Waals surface area contributed by atoms with Crippen molar-refractivity contribution in [1.82, 2.24) is 0 Å². The number of ether oxygens (including phenoxy) is 1. The minimum atomic E-state index is 0.907. The minimum absolute atomic E-state index is 0.907. The van der Waals surface area contributed by atoms with Gasteiger partial charge in [0, 0.05) is 18.3 Å². The van der Waals surface area contributed by atoms with Crippen LogP contribution in [0.5, 0.6) is 5.75 Å². The molecule has 15 heavy (non-hydrogen) atoms. The van der Waals surface area contributed by atoms with Crippen LogP contribution in [0.25, 0.3) is 0 Å². The zero-order valence-electron chi connectivity index (χ0n) is 10.6. The van der Waals surface area contributed by atoms with E-state index < -0.39 is 0 Å². The van der Waals surface area contributed by atoms with Crippen LogP contribution in [0, 0.1) is 6.92 Å². The molecule has 0 bridgehead atoms. The highest BCUT2D eigenvalue weighted by Gasteiger charge is 1.98. The van der Waals surface area contributed by atoms with Gasteiger partial charge in [0.2, 0.25) is 0 Å². The lowest BCUT2D eigenvalue weighted by Gasteiger charge is -2.09. The predicted octanol–water partition coefficient (Wildman–Crippen LogP) is 3.85. The van der Waals surface area contributed by atoms with Gasteiger partial charge in [0.05, 0.1) is 7.11 Å². The number of rotatable bonds is 4. The van der Waals surface area contributed by atoms with Gasteiger partial charge < -0.3 is 10.1 Å². The Morgan fingerprint density at radius 2 is 1.93 bits per heavy atom. The summed E-state index contributed by atoms with van der Waals surface area (Å²) in [6.07, 6.45) is 1.14. The van der Waals surface area contributed by atoms with Gasteiger partial charge in [-0.2, -0.15) is 0 Å². The SMILES string of the molecule is CC.CCCNc1cc(OC)ccc1C. The molecule has 0 spiro atoms. The maximum Gasteiger partial charge on any atom is 0.120 e. The summed E-state index contributed by atoms with van der Waals surface area (Å²) < 4.78 is 5.15. The van der Waals surface area contributed by atoms with Crippen LogP contribution in [0.1, 0.15) is 32.8 Å². The van der Waals surface area contributed by atoms with E-state index in [1.165, 1.54) is 11.3 Å². The number of hydrogen-bond acceptors (Lipinski definition) is 2. The second kappa shape index (κ2) is 8.16. The first-order valence-electron chi connectivity index (χ1n) is 5.66. The van der Waals surface area contributed by atoms with Crippen molar-refractivity contribution in [1.29, 1.82) is 0 Å². The van der Waals surface area contributed by atoms with Crippen LogP contribution < -0.4 is 10.1 Å². The van der Waals surface area contributed by atoms with E-state index in [1.807, 2.05) is 26.0 Å². The summed E-state index contributed by atoms with van der Waals surface area (Å²) in [6.45, 7) is 9.26. The lowest BCUT2D eigenvalue weighted by atomic mass is 10.2. The molecule has 1 N–H and O–H groups in total. The van der Waals surface area contributed by atoms with Crippen molar-refractivity contribution in [2.24, 2.45) is 0 Å². The van der Waals surface area contributed by atoms with Crippen molar-refractivity contribution in [2.45, 2.75) is 34.1 Å². The Morgan fingerprint density at radius 3 is 2.47 bits per heavy atom. The Bertz CT molecular complexity index is 271. The zero-order chi connectivity index (χ0) is 11.7. The fourth-order valence-corrected chi connectivity index (χ4v) is 1.18. The largest absolute Gasteiger partial charge is 0.497 e. The van der Waals surface area contributed by atoms with E-state index in [2.05, 4.69) is 25.2 Å². The highest BCUT2D eigenvalue weighted by molar-refractivity contribution is 5.54. The van der Waals surface area contributed by atoms with Gasteiger partial charge in [-0.1, -0.05) is 26.8 Å². The zero-order valence-corrected chi connectivity index (χ0v) is 10.6. The molecule has 0 fully saturated rings. The second-order valence-corrected chi connectivity index (χ2v) is 3.11. The number of aryl methyl sites for hydroxylation is 1. The number of nitrogens with one attached hydrogen (secondary N) is 1. The molecule has 0 atom stereocenters. The Morgan fingerprint density at radius 1 is 1.27 bits per heavy atom. The monoisotopic (exact) mass is 209 g/mol. The molecule has 1 aromatic rings. The molecule has 2 heteroatoms. The summed E-state index contributed by atoms with van der Waals surface area (Å²) in [6, 6.07) is 6.08. The molecule has 0 saturated carbocycles. The molecule has 86 valence electrons. The Labute approximate surface area is 93.7 Å². The van der Waals surface area contributed by atoms with Gasteiger partial charge in [0.25, 0.3) is 0 Å². The number of methoxy groups -OCH3 is 1. The number of hydrogen-bond donors (Lipinski definition) is 1. The van der Waals surface area contributed by atoms with E-state index in [0.29, 0.717) is 0 Å². The number of anilines is 1. The Kier molecular flexibility index (Phi) is 7.51. The molecular formula is C13H23NO. The normalized spacial score (nSPS) is 8.87. The predicted molar refractivity (Wildman–Crippen MR) is 67.9 cm³/mol. The molecule has 0 radical (unpaired) electrons. The van der Waals surface area contributed by atoms with Gasteiger partial charge in [0.15, 0.2) is 0 Å². The molecule has 1 aromatic carbocycles. The van der Waals surface area contributed by atoms with Gasteiger partial charge in [0.1, 0.15) is 5.75 Å². The third-order valence-electron chi connectivity index (χ3n) is 2.01. The second-order valence-electron chi connectivity index (χ2n) is 3.11. The maximum atomic E-state index is 5.15. The molecule has 0 aliphatic rings. The molecule has 0 heterocycles. The standard InChI is InChI=1S/C11H17NO.C2H6/c1-4-7-12-11-8-10(13-3)6-5-9(11)2;1-2/h5-6,8,12H,4,7H2,1-3H3;1-2H3. The van der Waals surface area contributed by atoms with Crippen LogP contribution >= 0.6 is 0 Å². The fourth-order valence-electron chi connectivity index (χ4n) is 1.18. The van der Waals surface area contributed by atoms with E-state index >= 15 is 0 Å². The summed E-state index contributed by atoms with van der Waals surface area (Å²) >= 11 is 0. The van der Waals surface area contributed by atoms with Crippen molar-refractivity contribution >= 4 is 5.69 Å². The van der Waals surface area contributed by atoms with Crippen molar-refractivity contribution in [2.75, 3.05) is 19.0 Å². The molecule has 0 saturated heterocycles. The molecule has 0 aromatic heterocycles. The molecule has 0 aliphatic heterocycles. The summed E-state index contributed by atoms with van der Waals surface area (Å²) in [5, 5.41) is 3.36. The highest BCUT2D eigenvalue weighted by atomic mass is 16.5. The van der Waals surface area contributed by atoms with Crippen LogP contribution in [-0.4, -0.2) is 13.7 Å². The average Bonchev–Trinajstić information content (AvgIpc) is 2.31. The third kappa shape index (κ3) is 4.73. The van der Waals surface area contributed by atoms with Crippen LogP contribution in [-0.2, 0) is 0 Å². The fraction of sp³-hybridized carbons (Fsp3) is 0.538.